The Bertz CT molecular complexity index is 338. The van der Waals surface area contributed by atoms with E-state index < -0.39 is 0 Å². The summed E-state index contributed by atoms with van der Waals surface area (Å²) in [5, 5.41) is 0. The lowest BCUT2D eigenvalue weighted by molar-refractivity contribution is -0.199. The molecular weight excluding hydrogens is 256 g/mol. The van der Waals surface area contributed by atoms with Crippen molar-refractivity contribution in [2.75, 3.05) is 0 Å². The highest BCUT2D eigenvalue weighted by molar-refractivity contribution is 4.95. The molecular formula is C16H28O4. The summed E-state index contributed by atoms with van der Waals surface area (Å²) in [5.41, 5.74) is 0. The van der Waals surface area contributed by atoms with E-state index in [0.29, 0.717) is 11.8 Å². The normalized spacial score (nSPS) is 48.5. The maximum Gasteiger partial charge on any atom is 0.172 e. The summed E-state index contributed by atoms with van der Waals surface area (Å²) in [6.07, 6.45) is 3.80. The molecule has 3 aliphatic rings. The Morgan fingerprint density at radius 2 is 1.40 bits per heavy atom. The molecule has 3 fully saturated rings. The van der Waals surface area contributed by atoms with Crippen LogP contribution in [0.2, 0.25) is 0 Å². The Kier molecular flexibility index (Phi) is 3.87. The smallest absolute Gasteiger partial charge is 0.172 e. The lowest BCUT2D eigenvalue weighted by Crippen LogP contribution is -2.36. The van der Waals surface area contributed by atoms with E-state index in [4.69, 9.17) is 18.9 Å². The first-order valence-corrected chi connectivity index (χ1v) is 8.08. The van der Waals surface area contributed by atoms with Gasteiger partial charge in [-0.25, -0.2) is 0 Å². The van der Waals surface area contributed by atoms with Gasteiger partial charge in [0.15, 0.2) is 12.1 Å². The second-order valence-electron chi connectivity index (χ2n) is 6.89. The minimum Gasteiger partial charge on any atom is -0.347 e. The predicted octanol–water partition coefficient (Wildman–Crippen LogP) is 3.09. The Hall–Kier alpha value is -0.160. The zero-order valence-corrected chi connectivity index (χ0v) is 13.3. The average molecular weight is 284 g/mol. The monoisotopic (exact) mass is 284 g/mol. The third kappa shape index (κ3) is 2.41. The van der Waals surface area contributed by atoms with Gasteiger partial charge in [-0.1, -0.05) is 6.92 Å². The highest BCUT2D eigenvalue weighted by Crippen LogP contribution is 2.50. The average Bonchev–Trinajstić information content (AvgIpc) is 2.95. The van der Waals surface area contributed by atoms with Crippen molar-refractivity contribution in [3.63, 3.8) is 0 Å². The molecule has 0 aromatic rings. The van der Waals surface area contributed by atoms with Gasteiger partial charge in [0.25, 0.3) is 0 Å². The van der Waals surface area contributed by atoms with E-state index in [1.54, 1.807) is 0 Å². The van der Waals surface area contributed by atoms with Crippen molar-refractivity contribution in [2.24, 2.45) is 11.8 Å². The minimum atomic E-state index is -0.362. The predicted molar refractivity (Wildman–Crippen MR) is 75.2 cm³/mol. The zero-order chi connectivity index (χ0) is 14.5. The second-order valence-corrected chi connectivity index (χ2v) is 6.89. The van der Waals surface area contributed by atoms with Crippen molar-refractivity contribution >= 4 is 0 Å². The topological polar surface area (TPSA) is 36.9 Å². The standard InChI is InChI=1S/C16H28O4/c1-9-14(8-15-17-10(2)11(3)18-15)6-7-16(9)19-12(4)13(5)20-16/h9-15H,6-8H2,1-5H3/t9-,10+,11+,12+,13+,14-/m0/s1. The molecule has 0 aromatic heterocycles. The molecule has 2 saturated heterocycles. The molecule has 20 heavy (non-hydrogen) atoms. The van der Waals surface area contributed by atoms with Crippen LogP contribution < -0.4 is 0 Å². The molecule has 1 saturated carbocycles. The van der Waals surface area contributed by atoms with Crippen molar-refractivity contribution in [3.05, 3.63) is 0 Å². The van der Waals surface area contributed by atoms with Crippen LogP contribution in [0.15, 0.2) is 0 Å². The van der Waals surface area contributed by atoms with Gasteiger partial charge in [-0.15, -0.1) is 0 Å². The molecule has 4 nitrogen and oxygen atoms in total. The van der Waals surface area contributed by atoms with Gasteiger partial charge >= 0.3 is 0 Å². The van der Waals surface area contributed by atoms with Gasteiger partial charge in [-0.2, -0.15) is 0 Å². The maximum atomic E-state index is 6.17. The van der Waals surface area contributed by atoms with Gasteiger partial charge in [0.2, 0.25) is 0 Å². The molecule has 3 rings (SSSR count). The molecule has 116 valence electrons. The first-order chi connectivity index (χ1) is 9.41. The molecule has 6 atom stereocenters. The molecule has 0 bridgehead atoms. The first-order valence-electron chi connectivity index (χ1n) is 8.08. The van der Waals surface area contributed by atoms with E-state index in [9.17, 15) is 0 Å². The van der Waals surface area contributed by atoms with E-state index in [1.807, 2.05) is 0 Å². The van der Waals surface area contributed by atoms with Crippen LogP contribution in [0.4, 0.5) is 0 Å². The lowest BCUT2D eigenvalue weighted by atomic mass is 9.92. The molecule has 0 amide bonds. The molecule has 2 aliphatic heterocycles. The number of ether oxygens (including phenoxy) is 4. The van der Waals surface area contributed by atoms with E-state index in [2.05, 4.69) is 34.6 Å². The van der Waals surface area contributed by atoms with Gasteiger partial charge in [0.05, 0.1) is 24.4 Å². The summed E-state index contributed by atoms with van der Waals surface area (Å²) < 4.78 is 24.1. The van der Waals surface area contributed by atoms with Gasteiger partial charge < -0.3 is 18.9 Å². The molecule has 1 aliphatic carbocycles. The maximum absolute atomic E-state index is 6.17. The van der Waals surface area contributed by atoms with Crippen molar-refractivity contribution < 1.29 is 18.9 Å². The molecule has 0 N–H and O–H groups in total. The van der Waals surface area contributed by atoms with Crippen LogP contribution in [0.3, 0.4) is 0 Å². The molecule has 1 spiro atoms. The summed E-state index contributed by atoms with van der Waals surface area (Å²) >= 11 is 0. The lowest BCUT2D eigenvalue weighted by Gasteiger charge is -2.30. The van der Waals surface area contributed by atoms with Crippen LogP contribution in [0.1, 0.15) is 53.9 Å². The molecule has 4 heteroatoms. The second kappa shape index (κ2) is 5.24. The highest BCUT2D eigenvalue weighted by Gasteiger charge is 2.54. The summed E-state index contributed by atoms with van der Waals surface area (Å²) in [4.78, 5) is 0. The van der Waals surface area contributed by atoms with E-state index >= 15 is 0 Å². The van der Waals surface area contributed by atoms with Crippen molar-refractivity contribution in [3.8, 4) is 0 Å². The largest absolute Gasteiger partial charge is 0.347 e. The van der Waals surface area contributed by atoms with E-state index in [-0.39, 0.29) is 36.5 Å². The summed E-state index contributed by atoms with van der Waals surface area (Å²) in [6, 6.07) is 0. The zero-order valence-electron chi connectivity index (χ0n) is 13.3. The highest BCUT2D eigenvalue weighted by atomic mass is 16.8. The fraction of sp³-hybridized carbons (Fsp3) is 1.00. The third-order valence-corrected chi connectivity index (χ3v) is 5.59. The quantitative estimate of drug-likeness (QED) is 0.781. The van der Waals surface area contributed by atoms with E-state index in [0.717, 1.165) is 19.3 Å². The van der Waals surface area contributed by atoms with Gasteiger partial charge in [-0.05, 0) is 40.0 Å². The van der Waals surface area contributed by atoms with Crippen molar-refractivity contribution in [2.45, 2.75) is 90.4 Å². The minimum absolute atomic E-state index is 0.0566. The summed E-state index contributed by atoms with van der Waals surface area (Å²) in [5.74, 6) is 0.586. The van der Waals surface area contributed by atoms with Gasteiger partial charge in [0.1, 0.15) is 0 Å². The molecule has 0 aromatic carbocycles. The summed E-state index contributed by atoms with van der Waals surface area (Å²) in [6.45, 7) is 10.6. The van der Waals surface area contributed by atoms with Crippen LogP contribution in [-0.4, -0.2) is 36.5 Å². The fourth-order valence-electron chi connectivity index (χ4n) is 3.82. The van der Waals surface area contributed by atoms with Gasteiger partial charge in [0, 0.05) is 18.8 Å². The van der Waals surface area contributed by atoms with Crippen LogP contribution in [-0.2, 0) is 18.9 Å². The van der Waals surface area contributed by atoms with Crippen molar-refractivity contribution in [1.29, 1.82) is 0 Å². The number of hydrogen-bond donors (Lipinski definition) is 0. The van der Waals surface area contributed by atoms with Gasteiger partial charge in [-0.3, -0.25) is 0 Å². The Morgan fingerprint density at radius 1 is 0.850 bits per heavy atom. The third-order valence-electron chi connectivity index (χ3n) is 5.59. The van der Waals surface area contributed by atoms with Crippen LogP contribution in [0.25, 0.3) is 0 Å². The molecule has 2 heterocycles. The Balaban J connectivity index is 1.61. The SMILES string of the molecule is C[C@H]1OC(C[C@@H]2CCC3(O[C@H](C)[C@@H](C)O3)[C@H]2C)O[C@@H]1C. The van der Waals surface area contributed by atoms with Crippen LogP contribution >= 0.6 is 0 Å². The van der Waals surface area contributed by atoms with Crippen LogP contribution in [0, 0.1) is 11.8 Å². The Labute approximate surface area is 122 Å². The molecule has 0 unspecified atom stereocenters. The number of hydrogen-bond acceptors (Lipinski definition) is 4. The van der Waals surface area contributed by atoms with Crippen LogP contribution in [0.5, 0.6) is 0 Å². The van der Waals surface area contributed by atoms with E-state index in [1.165, 1.54) is 0 Å². The number of rotatable bonds is 2. The molecule has 0 radical (unpaired) electrons. The Morgan fingerprint density at radius 3 is 1.95 bits per heavy atom. The van der Waals surface area contributed by atoms with Crippen molar-refractivity contribution in [1.82, 2.24) is 0 Å². The summed E-state index contributed by atoms with van der Waals surface area (Å²) in [7, 11) is 0. The first kappa shape index (κ1) is 14.8. The fourth-order valence-corrected chi connectivity index (χ4v) is 3.82.